The molecule has 0 spiro atoms. The van der Waals surface area contributed by atoms with Gasteiger partial charge in [-0.1, -0.05) is 11.6 Å². The molecule has 0 bridgehead atoms. The van der Waals surface area contributed by atoms with Gasteiger partial charge in [0.25, 0.3) is 0 Å². The van der Waals surface area contributed by atoms with Gasteiger partial charge >= 0.3 is 0 Å². The summed E-state index contributed by atoms with van der Waals surface area (Å²) in [7, 11) is -3.74. The van der Waals surface area contributed by atoms with Gasteiger partial charge in [-0.25, -0.2) is 17.5 Å². The van der Waals surface area contributed by atoms with Crippen molar-refractivity contribution in [2.75, 3.05) is 6.54 Å². The second-order valence-electron chi connectivity index (χ2n) is 4.08. The lowest BCUT2D eigenvalue weighted by Gasteiger charge is -2.08. The molecule has 1 N–H and O–H groups in total. The van der Waals surface area contributed by atoms with Gasteiger partial charge < -0.3 is 0 Å². The summed E-state index contributed by atoms with van der Waals surface area (Å²) in [5, 5.41) is -0.138. The van der Waals surface area contributed by atoms with Gasteiger partial charge in [0.1, 0.15) is 10.7 Å². The van der Waals surface area contributed by atoms with Crippen LogP contribution in [0.1, 0.15) is 5.56 Å². The van der Waals surface area contributed by atoms with Crippen LogP contribution in [0.3, 0.4) is 0 Å². The van der Waals surface area contributed by atoms with Crippen LogP contribution in [0.4, 0.5) is 4.39 Å². The van der Waals surface area contributed by atoms with E-state index in [4.69, 9.17) is 11.6 Å². The summed E-state index contributed by atoms with van der Waals surface area (Å²) in [6.45, 7) is 0.222. The van der Waals surface area contributed by atoms with Crippen LogP contribution in [0.2, 0.25) is 5.02 Å². The van der Waals surface area contributed by atoms with Crippen LogP contribution in [-0.2, 0) is 16.4 Å². The third-order valence-corrected chi connectivity index (χ3v) is 4.58. The Labute approximate surface area is 121 Å². The molecule has 1 aromatic carbocycles. The van der Waals surface area contributed by atoms with E-state index in [0.29, 0.717) is 6.42 Å². The average Bonchev–Trinajstić information content (AvgIpc) is 2.39. The fraction of sp³-hybridized carbons (Fsp3) is 0.154. The number of nitrogens with one attached hydrogen (secondary N) is 1. The summed E-state index contributed by atoms with van der Waals surface area (Å²) in [5.41, 5.74) is 0.966. The molecule has 2 aromatic rings. The highest BCUT2D eigenvalue weighted by Crippen LogP contribution is 2.21. The van der Waals surface area contributed by atoms with Crippen molar-refractivity contribution in [3.63, 3.8) is 0 Å². The summed E-state index contributed by atoms with van der Waals surface area (Å²) in [6, 6.07) is 6.78. The number of pyridine rings is 1. The van der Waals surface area contributed by atoms with Crippen molar-refractivity contribution in [2.24, 2.45) is 0 Å². The Balaban J connectivity index is 2.04. The van der Waals surface area contributed by atoms with Gasteiger partial charge in [-0.05, 0) is 42.3 Å². The number of nitrogens with zero attached hydrogens (tertiary/aromatic N) is 1. The second-order valence-corrected chi connectivity index (χ2v) is 6.22. The molecule has 0 atom stereocenters. The fourth-order valence-electron chi connectivity index (χ4n) is 1.65. The molecule has 0 aliphatic carbocycles. The first-order valence-electron chi connectivity index (χ1n) is 5.83. The highest BCUT2D eigenvalue weighted by Gasteiger charge is 2.17. The van der Waals surface area contributed by atoms with Gasteiger partial charge in [0.05, 0.1) is 5.02 Å². The molecule has 1 heterocycles. The van der Waals surface area contributed by atoms with Gasteiger partial charge in [-0.15, -0.1) is 0 Å². The van der Waals surface area contributed by atoms with E-state index in [1.807, 2.05) is 0 Å². The van der Waals surface area contributed by atoms with Crippen LogP contribution >= 0.6 is 11.6 Å². The Bertz CT molecular complexity index is 693. The summed E-state index contributed by atoms with van der Waals surface area (Å²) < 4.78 is 39.4. The molecule has 2 rings (SSSR count). The first-order chi connectivity index (χ1) is 9.49. The first kappa shape index (κ1) is 14.9. The monoisotopic (exact) mass is 314 g/mol. The molecule has 0 fully saturated rings. The molecule has 0 radical (unpaired) electrons. The molecule has 0 aliphatic heterocycles. The number of sulfonamides is 1. The Morgan fingerprint density at radius 2 is 1.90 bits per heavy atom. The van der Waals surface area contributed by atoms with Gasteiger partial charge in [-0.3, -0.25) is 4.98 Å². The highest BCUT2D eigenvalue weighted by molar-refractivity contribution is 7.89. The standard InChI is InChI=1S/C13H12ClFN2O2S/c14-12-9-11(15)1-2-13(12)20(18,19)17-8-5-10-3-6-16-7-4-10/h1-4,6-7,9,17H,5,8H2. The molecule has 0 unspecified atom stereocenters. The molecule has 0 aliphatic rings. The van der Waals surface area contributed by atoms with E-state index in [2.05, 4.69) is 9.71 Å². The van der Waals surface area contributed by atoms with Crippen LogP contribution in [0.25, 0.3) is 0 Å². The number of benzene rings is 1. The number of halogens is 2. The minimum atomic E-state index is -3.74. The van der Waals surface area contributed by atoms with Crippen LogP contribution in [0.5, 0.6) is 0 Å². The smallest absolute Gasteiger partial charge is 0.242 e. The van der Waals surface area contributed by atoms with Crippen molar-refractivity contribution in [3.05, 3.63) is 59.1 Å². The fourth-order valence-corrected chi connectivity index (χ4v) is 3.21. The molecule has 20 heavy (non-hydrogen) atoms. The lowest BCUT2D eigenvalue weighted by Crippen LogP contribution is -2.26. The molecule has 0 amide bonds. The normalized spacial score (nSPS) is 11.5. The Hall–Kier alpha value is -1.50. The van der Waals surface area contributed by atoms with Crippen molar-refractivity contribution < 1.29 is 12.8 Å². The zero-order valence-electron chi connectivity index (χ0n) is 10.4. The van der Waals surface area contributed by atoms with Crippen molar-refractivity contribution >= 4 is 21.6 Å². The van der Waals surface area contributed by atoms with Crippen molar-refractivity contribution in [1.82, 2.24) is 9.71 Å². The molecular formula is C13H12ClFN2O2S. The molecule has 7 heteroatoms. The SMILES string of the molecule is O=S(=O)(NCCc1ccncc1)c1ccc(F)cc1Cl. The topological polar surface area (TPSA) is 59.1 Å². The van der Waals surface area contributed by atoms with Crippen molar-refractivity contribution in [3.8, 4) is 0 Å². The number of hydrogen-bond acceptors (Lipinski definition) is 3. The minimum absolute atomic E-state index is 0.129. The highest BCUT2D eigenvalue weighted by atomic mass is 35.5. The third kappa shape index (κ3) is 3.75. The number of aromatic nitrogens is 1. The van der Waals surface area contributed by atoms with E-state index in [1.54, 1.807) is 24.5 Å². The second kappa shape index (κ2) is 6.30. The number of hydrogen-bond donors (Lipinski definition) is 1. The van der Waals surface area contributed by atoms with Crippen molar-refractivity contribution in [1.29, 1.82) is 0 Å². The van der Waals surface area contributed by atoms with E-state index in [0.717, 1.165) is 23.8 Å². The van der Waals surface area contributed by atoms with E-state index in [1.165, 1.54) is 0 Å². The molecule has 106 valence electrons. The van der Waals surface area contributed by atoms with Gasteiger partial charge in [0, 0.05) is 18.9 Å². The minimum Gasteiger partial charge on any atom is -0.265 e. The van der Waals surface area contributed by atoms with Crippen LogP contribution in [0.15, 0.2) is 47.6 Å². The number of rotatable bonds is 5. The molecule has 1 aromatic heterocycles. The van der Waals surface area contributed by atoms with Gasteiger partial charge in [-0.2, -0.15) is 0 Å². The zero-order valence-corrected chi connectivity index (χ0v) is 12.0. The summed E-state index contributed by atoms with van der Waals surface area (Å²) >= 11 is 5.74. The third-order valence-electron chi connectivity index (χ3n) is 2.64. The molecular weight excluding hydrogens is 303 g/mol. The largest absolute Gasteiger partial charge is 0.265 e. The lowest BCUT2D eigenvalue weighted by molar-refractivity contribution is 0.581. The van der Waals surface area contributed by atoms with E-state index in [9.17, 15) is 12.8 Å². The Morgan fingerprint density at radius 1 is 1.20 bits per heavy atom. The van der Waals surface area contributed by atoms with Gasteiger partial charge in [0.2, 0.25) is 10.0 Å². The maximum Gasteiger partial charge on any atom is 0.242 e. The molecule has 4 nitrogen and oxygen atoms in total. The van der Waals surface area contributed by atoms with Crippen molar-refractivity contribution in [2.45, 2.75) is 11.3 Å². The predicted molar refractivity (Wildman–Crippen MR) is 74.5 cm³/mol. The van der Waals surface area contributed by atoms with Crippen LogP contribution in [0, 0.1) is 5.82 Å². The summed E-state index contributed by atoms with van der Waals surface area (Å²) in [4.78, 5) is 3.75. The quantitative estimate of drug-likeness (QED) is 0.922. The Kier molecular flexibility index (Phi) is 4.69. The van der Waals surface area contributed by atoms with Gasteiger partial charge in [0.15, 0.2) is 0 Å². The van der Waals surface area contributed by atoms with Crippen LogP contribution in [-0.4, -0.2) is 19.9 Å². The Morgan fingerprint density at radius 3 is 2.55 bits per heavy atom. The average molecular weight is 315 g/mol. The molecule has 0 saturated heterocycles. The molecule has 0 saturated carbocycles. The predicted octanol–water partition coefficient (Wildman–Crippen LogP) is 2.40. The van der Waals surface area contributed by atoms with E-state index in [-0.39, 0.29) is 16.5 Å². The summed E-state index contributed by atoms with van der Waals surface area (Å²) in [6.07, 6.45) is 3.81. The maximum absolute atomic E-state index is 12.9. The maximum atomic E-state index is 12.9. The summed E-state index contributed by atoms with van der Waals surface area (Å²) in [5.74, 6) is -0.578. The van der Waals surface area contributed by atoms with Crippen LogP contribution < -0.4 is 4.72 Å². The lowest BCUT2D eigenvalue weighted by atomic mass is 10.2. The van der Waals surface area contributed by atoms with E-state index < -0.39 is 15.8 Å². The first-order valence-corrected chi connectivity index (χ1v) is 7.69. The zero-order chi connectivity index (χ0) is 14.6. The van der Waals surface area contributed by atoms with E-state index >= 15 is 0 Å².